The molecule has 3 aliphatic rings. The number of hydrogen-bond acceptors (Lipinski definition) is 6. The lowest BCUT2D eigenvalue weighted by molar-refractivity contribution is -0.119. The summed E-state index contributed by atoms with van der Waals surface area (Å²) in [5, 5.41) is 1.01. The highest BCUT2D eigenvalue weighted by molar-refractivity contribution is 6.32. The number of carbonyl (C=O) groups is 2. The van der Waals surface area contributed by atoms with Gasteiger partial charge >= 0.3 is 0 Å². The third-order valence-electron chi connectivity index (χ3n) is 8.42. The van der Waals surface area contributed by atoms with Crippen molar-refractivity contribution >= 4 is 34.8 Å². The fourth-order valence-corrected chi connectivity index (χ4v) is 7.02. The minimum Gasteiger partial charge on any atom is -0.493 e. The first kappa shape index (κ1) is 30.7. The molecule has 2 aromatic carbocycles. The van der Waals surface area contributed by atoms with Crippen LogP contribution < -0.4 is 9.47 Å². The summed E-state index contributed by atoms with van der Waals surface area (Å²) < 4.78 is 17.4. The second-order valence-corrected chi connectivity index (χ2v) is 14.0. The van der Waals surface area contributed by atoms with E-state index in [2.05, 4.69) is 32.6 Å². The van der Waals surface area contributed by atoms with E-state index in [4.69, 9.17) is 37.4 Å². The summed E-state index contributed by atoms with van der Waals surface area (Å²) in [5.74, 6) is 0.459. The van der Waals surface area contributed by atoms with Crippen molar-refractivity contribution in [3.8, 4) is 11.5 Å². The molecule has 0 saturated carbocycles. The molecule has 0 atom stereocenters. The van der Waals surface area contributed by atoms with Gasteiger partial charge in [-0.05, 0) is 59.1 Å². The monoisotopic (exact) mass is 611 g/mol. The summed E-state index contributed by atoms with van der Waals surface area (Å²) in [7, 11) is 3.24. The molecular weight excluding hydrogens is 573 g/mol. The van der Waals surface area contributed by atoms with Crippen LogP contribution in [0.25, 0.3) is 0 Å². The number of carbonyl (C=O) groups excluding carboxylic acids is 2. The van der Waals surface area contributed by atoms with E-state index in [0.717, 1.165) is 35.4 Å². The number of halogens is 2. The zero-order valence-electron chi connectivity index (χ0n) is 25.2. The number of methoxy groups -OCH3 is 2. The van der Waals surface area contributed by atoms with Crippen LogP contribution in [0.3, 0.4) is 0 Å². The Labute approximate surface area is 258 Å². The van der Waals surface area contributed by atoms with E-state index in [0.29, 0.717) is 58.7 Å². The van der Waals surface area contributed by atoms with Crippen molar-refractivity contribution in [3.63, 3.8) is 0 Å². The minimum absolute atomic E-state index is 0.0657. The smallest absolute Gasteiger partial charge is 0.180 e. The van der Waals surface area contributed by atoms with E-state index in [1.54, 1.807) is 14.2 Å². The topological polar surface area (TPSA) is 65.1 Å². The number of allylic oxidation sites excluding steroid dienone is 4. The minimum atomic E-state index is -0.530. The van der Waals surface area contributed by atoms with E-state index in [1.165, 1.54) is 0 Å². The predicted molar refractivity (Wildman–Crippen MR) is 165 cm³/mol. The molecule has 0 N–H and O–H groups in total. The molecule has 5 rings (SSSR count). The van der Waals surface area contributed by atoms with Crippen molar-refractivity contribution in [2.75, 3.05) is 27.4 Å². The first-order valence-corrected chi connectivity index (χ1v) is 15.1. The fraction of sp³-hybridized carbons (Fsp3) is 0.471. The quantitative estimate of drug-likeness (QED) is 0.302. The molecule has 2 aliphatic carbocycles. The first-order chi connectivity index (χ1) is 19.8. The van der Waals surface area contributed by atoms with Gasteiger partial charge in [-0.25, -0.2) is 0 Å². The average molecular weight is 613 g/mol. The summed E-state index contributed by atoms with van der Waals surface area (Å²) in [6.45, 7) is 9.86. The Hall–Kier alpha value is -2.80. The molecule has 1 aliphatic heterocycles. The van der Waals surface area contributed by atoms with Crippen LogP contribution in [-0.2, 0) is 20.9 Å². The van der Waals surface area contributed by atoms with Crippen LogP contribution in [0, 0.1) is 10.8 Å². The summed E-state index contributed by atoms with van der Waals surface area (Å²) in [5.41, 5.74) is 4.62. The van der Waals surface area contributed by atoms with Gasteiger partial charge < -0.3 is 19.1 Å². The Morgan fingerprint density at radius 3 is 1.95 bits per heavy atom. The van der Waals surface area contributed by atoms with Crippen LogP contribution in [0.4, 0.5) is 0 Å². The van der Waals surface area contributed by atoms with E-state index < -0.39 is 5.92 Å². The van der Waals surface area contributed by atoms with E-state index in [-0.39, 0.29) is 29.0 Å². The predicted octanol–water partition coefficient (Wildman–Crippen LogP) is 7.91. The lowest BCUT2D eigenvalue weighted by Gasteiger charge is -2.49. The van der Waals surface area contributed by atoms with E-state index in [1.807, 2.05) is 36.4 Å². The average Bonchev–Trinajstić information content (AvgIpc) is 2.90. The normalized spacial score (nSPS) is 20.0. The number of rotatable bonds is 8. The van der Waals surface area contributed by atoms with Crippen molar-refractivity contribution in [1.82, 2.24) is 4.90 Å². The fourth-order valence-electron chi connectivity index (χ4n) is 6.62. The van der Waals surface area contributed by atoms with E-state index in [9.17, 15) is 9.59 Å². The van der Waals surface area contributed by atoms with Gasteiger partial charge in [-0.15, -0.1) is 0 Å². The molecular formula is C34H39Cl2NO5. The third kappa shape index (κ3) is 5.99. The van der Waals surface area contributed by atoms with Gasteiger partial charge in [0.2, 0.25) is 0 Å². The molecule has 0 spiro atoms. The van der Waals surface area contributed by atoms with Crippen molar-refractivity contribution < 1.29 is 23.8 Å². The number of benzene rings is 2. The maximum absolute atomic E-state index is 14.0. The lowest BCUT2D eigenvalue weighted by Crippen LogP contribution is -2.45. The van der Waals surface area contributed by atoms with Gasteiger partial charge in [-0.2, -0.15) is 0 Å². The van der Waals surface area contributed by atoms with Gasteiger partial charge in [-0.3, -0.25) is 9.59 Å². The number of hydrogen-bond donors (Lipinski definition) is 0. The van der Waals surface area contributed by atoms with Crippen molar-refractivity contribution in [1.29, 1.82) is 0 Å². The molecule has 0 radical (unpaired) electrons. The molecule has 0 bridgehead atoms. The largest absolute Gasteiger partial charge is 0.493 e. The second-order valence-electron chi connectivity index (χ2n) is 13.1. The van der Waals surface area contributed by atoms with Crippen LogP contribution in [0.15, 0.2) is 58.9 Å². The molecule has 224 valence electrons. The zero-order valence-corrected chi connectivity index (χ0v) is 26.7. The van der Waals surface area contributed by atoms with Crippen molar-refractivity contribution in [3.05, 3.63) is 80.1 Å². The summed E-state index contributed by atoms with van der Waals surface area (Å²) in [4.78, 5) is 30.2. The Morgan fingerprint density at radius 2 is 1.43 bits per heavy atom. The van der Waals surface area contributed by atoms with Gasteiger partial charge in [0.25, 0.3) is 0 Å². The van der Waals surface area contributed by atoms with Crippen molar-refractivity contribution in [2.24, 2.45) is 10.8 Å². The maximum atomic E-state index is 14.0. The second kappa shape index (κ2) is 11.7. The number of Topliss-reactive ketones (excluding diaryl/α,β-unsaturated/α-hetero) is 2. The first-order valence-electron chi connectivity index (χ1n) is 14.4. The molecule has 0 aromatic heterocycles. The third-order valence-corrected chi connectivity index (χ3v) is 8.96. The summed E-state index contributed by atoms with van der Waals surface area (Å²) >= 11 is 12.9. The molecule has 0 saturated heterocycles. The number of nitrogens with zero attached hydrogens (tertiary/aromatic N) is 1. The molecule has 2 aromatic rings. The van der Waals surface area contributed by atoms with Crippen LogP contribution in [0.5, 0.6) is 11.5 Å². The van der Waals surface area contributed by atoms with Gasteiger partial charge in [0.15, 0.2) is 23.1 Å². The molecule has 0 unspecified atom stereocenters. The highest BCUT2D eigenvalue weighted by Crippen LogP contribution is 2.55. The SMILES string of the molecule is COCCN1C2=C(C(=O)CC(C)(C)C2)C(c2cc(Cl)c(OCc3ccc(Cl)cc3)c(OC)c2)C2=C1CC(C)(C)CC2=O. The lowest BCUT2D eigenvalue weighted by atomic mass is 9.63. The molecule has 8 heteroatoms. The van der Waals surface area contributed by atoms with Crippen molar-refractivity contribution in [2.45, 2.75) is 65.9 Å². The van der Waals surface area contributed by atoms with Gasteiger partial charge in [-0.1, -0.05) is 63.0 Å². The number of ketones is 2. The van der Waals surface area contributed by atoms with Crippen LogP contribution >= 0.6 is 23.2 Å². The molecule has 0 amide bonds. The van der Waals surface area contributed by atoms with Crippen LogP contribution in [0.2, 0.25) is 10.0 Å². The van der Waals surface area contributed by atoms with Crippen LogP contribution in [-0.4, -0.2) is 43.8 Å². The highest BCUT2D eigenvalue weighted by Gasteiger charge is 2.49. The standard InChI is InChI=1S/C34H39Cl2NO5/c1-33(2)15-24-30(26(38)17-33)29(31-25(37(24)11-12-40-5)16-34(3,4)18-27(31)39)21-13-23(36)32(28(14-21)41-6)42-19-20-7-9-22(35)10-8-20/h7-10,13-14,29H,11-12,15-19H2,1-6H3. The Morgan fingerprint density at radius 1 is 0.857 bits per heavy atom. The van der Waals surface area contributed by atoms with Gasteiger partial charge in [0, 0.05) is 60.0 Å². The molecule has 42 heavy (non-hydrogen) atoms. The number of ether oxygens (including phenoxy) is 3. The van der Waals surface area contributed by atoms with Gasteiger partial charge in [0.1, 0.15) is 6.61 Å². The maximum Gasteiger partial charge on any atom is 0.180 e. The zero-order chi connectivity index (χ0) is 30.4. The van der Waals surface area contributed by atoms with E-state index >= 15 is 0 Å². The summed E-state index contributed by atoms with van der Waals surface area (Å²) in [6, 6.07) is 11.1. The Balaban J connectivity index is 1.65. The molecule has 0 fully saturated rings. The highest BCUT2D eigenvalue weighted by atomic mass is 35.5. The Kier molecular flexibility index (Phi) is 8.54. The van der Waals surface area contributed by atoms with Crippen LogP contribution in [0.1, 0.15) is 70.4 Å². The molecule has 1 heterocycles. The Bertz CT molecular complexity index is 1420. The summed E-state index contributed by atoms with van der Waals surface area (Å²) in [6.07, 6.45) is 2.28. The molecule has 6 nitrogen and oxygen atoms in total. The van der Waals surface area contributed by atoms with Gasteiger partial charge in [0.05, 0.1) is 18.7 Å².